The molecule has 0 N–H and O–H groups in total. The van der Waals surface area contributed by atoms with Gasteiger partial charge in [-0.3, -0.25) is 14.4 Å². The standard InChI is InChI=1S/C17H27N3O3/c1-22-17(21)13-19(15-7-10-23-11-8-15)12-14-6-9-20(18-14)16-4-2-3-5-16/h6,9,15-16H,2-5,7-8,10-13H2,1H3. The normalized spacial score (nSPS) is 20.3. The van der Waals surface area contributed by atoms with Gasteiger partial charge in [0.25, 0.3) is 0 Å². The predicted octanol–water partition coefficient (Wildman–Crippen LogP) is 2.15. The van der Waals surface area contributed by atoms with Gasteiger partial charge in [-0.2, -0.15) is 5.10 Å². The molecule has 1 saturated heterocycles. The minimum atomic E-state index is -0.188. The summed E-state index contributed by atoms with van der Waals surface area (Å²) in [6.07, 6.45) is 9.07. The summed E-state index contributed by atoms with van der Waals surface area (Å²) in [5, 5.41) is 4.75. The minimum absolute atomic E-state index is 0.188. The molecule has 1 saturated carbocycles. The van der Waals surface area contributed by atoms with E-state index in [1.54, 1.807) is 0 Å². The summed E-state index contributed by atoms with van der Waals surface area (Å²) in [6, 6.07) is 3.00. The van der Waals surface area contributed by atoms with Crippen molar-refractivity contribution >= 4 is 5.97 Å². The summed E-state index contributed by atoms with van der Waals surface area (Å²) < 4.78 is 12.4. The van der Waals surface area contributed by atoms with Crippen LogP contribution in [0.3, 0.4) is 0 Å². The zero-order chi connectivity index (χ0) is 16.1. The highest BCUT2D eigenvalue weighted by atomic mass is 16.5. The lowest BCUT2D eigenvalue weighted by atomic mass is 10.1. The molecular formula is C17H27N3O3. The van der Waals surface area contributed by atoms with E-state index in [9.17, 15) is 4.79 Å². The fourth-order valence-corrected chi connectivity index (χ4v) is 3.64. The van der Waals surface area contributed by atoms with Crippen LogP contribution in [0.5, 0.6) is 0 Å². The van der Waals surface area contributed by atoms with Crippen LogP contribution in [-0.4, -0.2) is 53.6 Å². The number of carbonyl (C=O) groups is 1. The van der Waals surface area contributed by atoms with Gasteiger partial charge in [0.05, 0.1) is 25.4 Å². The second kappa shape index (κ2) is 7.93. The van der Waals surface area contributed by atoms with E-state index in [1.165, 1.54) is 32.8 Å². The molecule has 128 valence electrons. The number of nitrogens with zero attached hydrogens (tertiary/aromatic N) is 3. The molecular weight excluding hydrogens is 294 g/mol. The number of carbonyl (C=O) groups excluding carboxylic acids is 1. The molecule has 6 heteroatoms. The maximum Gasteiger partial charge on any atom is 0.319 e. The van der Waals surface area contributed by atoms with Crippen LogP contribution < -0.4 is 0 Å². The molecule has 0 atom stereocenters. The van der Waals surface area contributed by atoms with E-state index >= 15 is 0 Å². The van der Waals surface area contributed by atoms with E-state index in [2.05, 4.69) is 21.8 Å². The van der Waals surface area contributed by atoms with Crippen molar-refractivity contribution < 1.29 is 14.3 Å². The van der Waals surface area contributed by atoms with E-state index in [0.717, 1.165) is 31.7 Å². The molecule has 2 fully saturated rings. The zero-order valence-electron chi connectivity index (χ0n) is 13.9. The van der Waals surface area contributed by atoms with Crippen molar-refractivity contribution in [3.8, 4) is 0 Å². The number of methoxy groups -OCH3 is 1. The lowest BCUT2D eigenvalue weighted by Gasteiger charge is -2.32. The van der Waals surface area contributed by atoms with Crippen LogP contribution in [0.2, 0.25) is 0 Å². The third-order valence-electron chi connectivity index (χ3n) is 4.99. The topological polar surface area (TPSA) is 56.6 Å². The Morgan fingerprint density at radius 3 is 2.78 bits per heavy atom. The van der Waals surface area contributed by atoms with Crippen molar-refractivity contribution in [2.75, 3.05) is 26.9 Å². The molecule has 0 spiro atoms. The second-order valence-electron chi connectivity index (χ2n) is 6.55. The smallest absolute Gasteiger partial charge is 0.319 e. The molecule has 1 aromatic heterocycles. The average molecular weight is 321 g/mol. The first-order valence-electron chi connectivity index (χ1n) is 8.69. The van der Waals surface area contributed by atoms with Gasteiger partial charge in [0.2, 0.25) is 0 Å². The van der Waals surface area contributed by atoms with Crippen LogP contribution in [0.1, 0.15) is 50.3 Å². The van der Waals surface area contributed by atoms with E-state index in [-0.39, 0.29) is 5.97 Å². The number of rotatable bonds is 6. The molecule has 23 heavy (non-hydrogen) atoms. The first-order chi connectivity index (χ1) is 11.3. The second-order valence-corrected chi connectivity index (χ2v) is 6.55. The van der Waals surface area contributed by atoms with Gasteiger partial charge >= 0.3 is 5.97 Å². The van der Waals surface area contributed by atoms with E-state index in [4.69, 9.17) is 14.6 Å². The van der Waals surface area contributed by atoms with Crippen molar-refractivity contribution in [2.24, 2.45) is 0 Å². The highest BCUT2D eigenvalue weighted by molar-refractivity contribution is 5.71. The Morgan fingerprint density at radius 1 is 1.35 bits per heavy atom. The third-order valence-corrected chi connectivity index (χ3v) is 4.99. The van der Waals surface area contributed by atoms with Crippen LogP contribution in [0, 0.1) is 0 Å². The highest BCUT2D eigenvalue weighted by Gasteiger charge is 2.25. The third kappa shape index (κ3) is 4.32. The lowest BCUT2D eigenvalue weighted by Crippen LogP contribution is -2.42. The number of esters is 1. The van der Waals surface area contributed by atoms with Gasteiger partial charge in [-0.1, -0.05) is 12.8 Å². The Bertz CT molecular complexity index is 505. The maximum atomic E-state index is 11.7. The Morgan fingerprint density at radius 2 is 2.09 bits per heavy atom. The molecule has 0 aromatic carbocycles. The minimum Gasteiger partial charge on any atom is -0.468 e. The molecule has 2 heterocycles. The molecule has 6 nitrogen and oxygen atoms in total. The van der Waals surface area contributed by atoms with Crippen LogP contribution >= 0.6 is 0 Å². The molecule has 0 amide bonds. The molecule has 1 aromatic rings. The van der Waals surface area contributed by atoms with Crippen molar-refractivity contribution in [1.29, 1.82) is 0 Å². The summed E-state index contributed by atoms with van der Waals surface area (Å²) in [5.74, 6) is -0.188. The Labute approximate surface area is 137 Å². The van der Waals surface area contributed by atoms with Gasteiger partial charge in [0.15, 0.2) is 0 Å². The molecule has 0 radical (unpaired) electrons. The monoisotopic (exact) mass is 321 g/mol. The number of ether oxygens (including phenoxy) is 2. The Balaban J connectivity index is 1.65. The predicted molar refractivity (Wildman–Crippen MR) is 86.0 cm³/mol. The van der Waals surface area contributed by atoms with Gasteiger partial charge in [0, 0.05) is 32.0 Å². The van der Waals surface area contributed by atoms with Crippen molar-refractivity contribution in [3.05, 3.63) is 18.0 Å². The Kier molecular flexibility index (Phi) is 5.67. The van der Waals surface area contributed by atoms with Gasteiger partial charge in [-0.05, 0) is 31.7 Å². The SMILES string of the molecule is COC(=O)CN(Cc1ccn(C2CCCC2)n1)C1CCOCC1. The van der Waals surface area contributed by atoms with Crippen LogP contribution in [-0.2, 0) is 20.8 Å². The fraction of sp³-hybridized carbons (Fsp3) is 0.765. The zero-order valence-corrected chi connectivity index (χ0v) is 13.9. The summed E-state index contributed by atoms with van der Waals surface area (Å²) in [7, 11) is 1.44. The lowest BCUT2D eigenvalue weighted by molar-refractivity contribution is -0.143. The number of hydrogen-bond donors (Lipinski definition) is 0. The first kappa shape index (κ1) is 16.5. The number of hydrogen-bond acceptors (Lipinski definition) is 5. The van der Waals surface area contributed by atoms with Crippen LogP contribution in [0.4, 0.5) is 0 Å². The van der Waals surface area contributed by atoms with Crippen molar-refractivity contribution in [1.82, 2.24) is 14.7 Å². The molecule has 1 aliphatic heterocycles. The number of aromatic nitrogens is 2. The summed E-state index contributed by atoms with van der Waals surface area (Å²) in [6.45, 7) is 2.54. The van der Waals surface area contributed by atoms with E-state index in [0.29, 0.717) is 25.2 Å². The Hall–Kier alpha value is -1.40. The highest BCUT2D eigenvalue weighted by Crippen LogP contribution is 2.29. The summed E-state index contributed by atoms with van der Waals surface area (Å²) in [5.41, 5.74) is 1.03. The molecule has 2 aliphatic rings. The fourth-order valence-electron chi connectivity index (χ4n) is 3.64. The van der Waals surface area contributed by atoms with E-state index in [1.807, 2.05) is 0 Å². The van der Waals surface area contributed by atoms with Crippen LogP contribution in [0.15, 0.2) is 12.3 Å². The first-order valence-corrected chi connectivity index (χ1v) is 8.69. The van der Waals surface area contributed by atoms with Gasteiger partial charge in [0.1, 0.15) is 0 Å². The van der Waals surface area contributed by atoms with Gasteiger partial charge in [-0.25, -0.2) is 0 Å². The largest absolute Gasteiger partial charge is 0.468 e. The van der Waals surface area contributed by atoms with Crippen molar-refractivity contribution in [2.45, 2.75) is 57.2 Å². The maximum absolute atomic E-state index is 11.7. The molecule has 0 unspecified atom stereocenters. The van der Waals surface area contributed by atoms with Crippen molar-refractivity contribution in [3.63, 3.8) is 0 Å². The van der Waals surface area contributed by atoms with E-state index < -0.39 is 0 Å². The molecule has 0 bridgehead atoms. The summed E-state index contributed by atoms with van der Waals surface area (Å²) >= 11 is 0. The van der Waals surface area contributed by atoms with Gasteiger partial charge in [-0.15, -0.1) is 0 Å². The average Bonchev–Trinajstić information content (AvgIpc) is 3.26. The molecule has 1 aliphatic carbocycles. The summed E-state index contributed by atoms with van der Waals surface area (Å²) in [4.78, 5) is 13.9. The molecule has 3 rings (SSSR count). The van der Waals surface area contributed by atoms with Crippen LogP contribution in [0.25, 0.3) is 0 Å². The van der Waals surface area contributed by atoms with Gasteiger partial charge < -0.3 is 9.47 Å². The quantitative estimate of drug-likeness (QED) is 0.752.